The van der Waals surface area contributed by atoms with Gasteiger partial charge in [-0.15, -0.1) is 0 Å². The van der Waals surface area contributed by atoms with Crippen molar-refractivity contribution in [3.8, 4) is 11.3 Å². The zero-order valence-electron chi connectivity index (χ0n) is 11.7. The van der Waals surface area contributed by atoms with E-state index in [1.54, 1.807) is 18.7 Å². The van der Waals surface area contributed by atoms with Gasteiger partial charge in [0.1, 0.15) is 5.76 Å². The number of ether oxygens (including phenoxy) is 1. The summed E-state index contributed by atoms with van der Waals surface area (Å²) >= 11 is 0. The van der Waals surface area contributed by atoms with Crippen molar-refractivity contribution in [3.63, 3.8) is 0 Å². The molecule has 0 bridgehead atoms. The van der Waals surface area contributed by atoms with Crippen molar-refractivity contribution in [1.29, 1.82) is 0 Å². The molecule has 0 aromatic carbocycles. The van der Waals surface area contributed by atoms with Gasteiger partial charge in [-0.05, 0) is 42.5 Å². The number of furan rings is 1. The van der Waals surface area contributed by atoms with Crippen LogP contribution in [0.1, 0.15) is 24.8 Å². The average Bonchev–Trinajstić information content (AvgIpc) is 2.98. The van der Waals surface area contributed by atoms with E-state index in [2.05, 4.69) is 10.3 Å². The maximum absolute atomic E-state index is 11.6. The molecule has 0 radical (unpaired) electrons. The third kappa shape index (κ3) is 3.62. The van der Waals surface area contributed by atoms with Crippen LogP contribution in [-0.4, -0.2) is 17.7 Å². The first-order valence-corrected chi connectivity index (χ1v) is 7.20. The number of nitrogens with zero attached hydrogens (tertiary/aromatic N) is 1. The highest BCUT2D eigenvalue weighted by atomic mass is 16.5. The molecule has 110 valence electrons. The minimum atomic E-state index is -0.370. The molecule has 21 heavy (non-hydrogen) atoms. The predicted octanol–water partition coefficient (Wildman–Crippen LogP) is 3.37. The van der Waals surface area contributed by atoms with Crippen molar-refractivity contribution in [2.24, 2.45) is 5.92 Å². The van der Waals surface area contributed by atoms with Gasteiger partial charge in [0.2, 0.25) is 0 Å². The molecule has 0 unspecified atom stereocenters. The van der Waals surface area contributed by atoms with Crippen molar-refractivity contribution in [2.45, 2.75) is 25.8 Å². The fourth-order valence-corrected chi connectivity index (χ4v) is 2.24. The standard InChI is InChI=1S/C16H18N2O3/c19-16(21-11-12-3-1-4-12)18-9-13-7-14(10-17-8-13)15-5-2-6-20-15/h2,5-8,10,12H,1,3-4,9,11H2,(H,18,19). The van der Waals surface area contributed by atoms with Crippen LogP contribution in [0.3, 0.4) is 0 Å². The van der Waals surface area contributed by atoms with Gasteiger partial charge in [0, 0.05) is 24.5 Å². The summed E-state index contributed by atoms with van der Waals surface area (Å²) < 4.78 is 10.5. The molecule has 5 heteroatoms. The molecular formula is C16H18N2O3. The van der Waals surface area contributed by atoms with E-state index in [0.29, 0.717) is 19.1 Å². The summed E-state index contributed by atoms with van der Waals surface area (Å²) in [6, 6.07) is 5.65. The van der Waals surface area contributed by atoms with Crippen LogP contribution in [0.25, 0.3) is 11.3 Å². The van der Waals surface area contributed by atoms with Crippen molar-refractivity contribution in [2.75, 3.05) is 6.61 Å². The Hall–Kier alpha value is -2.30. The Morgan fingerprint density at radius 1 is 1.43 bits per heavy atom. The molecule has 5 nitrogen and oxygen atoms in total. The summed E-state index contributed by atoms with van der Waals surface area (Å²) in [5.41, 5.74) is 1.80. The molecule has 1 amide bonds. The summed E-state index contributed by atoms with van der Waals surface area (Å²) in [6.45, 7) is 0.918. The second-order valence-electron chi connectivity index (χ2n) is 5.31. The lowest BCUT2D eigenvalue weighted by Gasteiger charge is -2.24. The highest BCUT2D eigenvalue weighted by molar-refractivity contribution is 5.67. The van der Waals surface area contributed by atoms with E-state index < -0.39 is 0 Å². The van der Waals surface area contributed by atoms with E-state index >= 15 is 0 Å². The van der Waals surface area contributed by atoms with Gasteiger partial charge in [0.15, 0.2) is 0 Å². The number of carbonyl (C=O) groups excluding carboxylic acids is 1. The minimum Gasteiger partial charge on any atom is -0.464 e. The normalized spacial score (nSPS) is 14.5. The number of aromatic nitrogens is 1. The molecule has 0 atom stereocenters. The lowest BCUT2D eigenvalue weighted by molar-refractivity contribution is 0.103. The topological polar surface area (TPSA) is 64.4 Å². The smallest absolute Gasteiger partial charge is 0.407 e. The number of hydrogen-bond donors (Lipinski definition) is 1. The molecule has 1 fully saturated rings. The van der Waals surface area contributed by atoms with Crippen LogP contribution in [0.5, 0.6) is 0 Å². The molecule has 2 heterocycles. The summed E-state index contributed by atoms with van der Waals surface area (Å²) in [7, 11) is 0. The summed E-state index contributed by atoms with van der Waals surface area (Å²) in [6.07, 6.45) is 8.30. The van der Waals surface area contributed by atoms with E-state index in [-0.39, 0.29) is 6.09 Å². The molecule has 2 aromatic heterocycles. The van der Waals surface area contributed by atoms with E-state index in [4.69, 9.17) is 9.15 Å². The molecule has 0 spiro atoms. The van der Waals surface area contributed by atoms with Gasteiger partial charge in [0.25, 0.3) is 0 Å². The first-order chi connectivity index (χ1) is 10.3. The summed E-state index contributed by atoms with van der Waals surface area (Å²) in [4.78, 5) is 15.8. The van der Waals surface area contributed by atoms with E-state index in [1.807, 2.05) is 18.2 Å². The molecule has 0 aliphatic heterocycles. The summed E-state index contributed by atoms with van der Waals surface area (Å²) in [5, 5.41) is 2.74. The Balaban J connectivity index is 1.50. The Bertz CT molecular complexity index is 591. The van der Waals surface area contributed by atoms with Gasteiger partial charge in [0.05, 0.1) is 12.9 Å². The van der Waals surface area contributed by atoms with Crippen LogP contribution in [0.4, 0.5) is 4.79 Å². The third-order valence-corrected chi connectivity index (χ3v) is 3.71. The van der Waals surface area contributed by atoms with Gasteiger partial charge in [-0.3, -0.25) is 4.98 Å². The minimum absolute atomic E-state index is 0.370. The molecule has 2 aromatic rings. The first kappa shape index (κ1) is 13.7. The van der Waals surface area contributed by atoms with E-state index in [1.165, 1.54) is 19.3 Å². The number of alkyl carbamates (subject to hydrolysis) is 1. The Labute approximate surface area is 123 Å². The number of amides is 1. The van der Waals surface area contributed by atoms with E-state index in [0.717, 1.165) is 16.9 Å². The Morgan fingerprint density at radius 2 is 2.33 bits per heavy atom. The number of nitrogens with one attached hydrogen (secondary N) is 1. The average molecular weight is 286 g/mol. The fraction of sp³-hybridized carbons (Fsp3) is 0.375. The highest BCUT2D eigenvalue weighted by Crippen LogP contribution is 2.26. The summed E-state index contributed by atoms with van der Waals surface area (Å²) in [5.74, 6) is 1.32. The molecule has 1 saturated carbocycles. The highest BCUT2D eigenvalue weighted by Gasteiger charge is 2.19. The molecule has 1 N–H and O–H groups in total. The molecule has 1 aliphatic carbocycles. The van der Waals surface area contributed by atoms with Crippen molar-refractivity contribution in [1.82, 2.24) is 10.3 Å². The number of pyridine rings is 1. The monoisotopic (exact) mass is 286 g/mol. The van der Waals surface area contributed by atoms with Gasteiger partial charge >= 0.3 is 6.09 Å². The second-order valence-corrected chi connectivity index (χ2v) is 5.31. The zero-order chi connectivity index (χ0) is 14.5. The maximum Gasteiger partial charge on any atom is 0.407 e. The van der Waals surface area contributed by atoms with Crippen LogP contribution in [0, 0.1) is 5.92 Å². The number of rotatable bonds is 5. The maximum atomic E-state index is 11.6. The lowest BCUT2D eigenvalue weighted by atomic mass is 9.86. The van der Waals surface area contributed by atoms with Crippen LogP contribution in [-0.2, 0) is 11.3 Å². The second kappa shape index (κ2) is 6.43. The van der Waals surface area contributed by atoms with Crippen molar-refractivity contribution >= 4 is 6.09 Å². The lowest BCUT2D eigenvalue weighted by Crippen LogP contribution is -2.27. The molecule has 1 aliphatic rings. The van der Waals surface area contributed by atoms with Gasteiger partial charge in [-0.2, -0.15) is 0 Å². The zero-order valence-corrected chi connectivity index (χ0v) is 11.7. The number of carbonyl (C=O) groups is 1. The van der Waals surface area contributed by atoms with Crippen molar-refractivity contribution < 1.29 is 13.9 Å². The van der Waals surface area contributed by atoms with Crippen LogP contribution in [0.2, 0.25) is 0 Å². The van der Waals surface area contributed by atoms with E-state index in [9.17, 15) is 4.79 Å². The predicted molar refractivity (Wildman–Crippen MR) is 77.5 cm³/mol. The molecule has 0 saturated heterocycles. The van der Waals surface area contributed by atoms with Gasteiger partial charge in [-0.25, -0.2) is 4.79 Å². The first-order valence-electron chi connectivity index (χ1n) is 7.20. The Kier molecular flexibility index (Phi) is 4.19. The molecular weight excluding hydrogens is 268 g/mol. The van der Waals surface area contributed by atoms with Gasteiger partial charge in [-0.1, -0.05) is 6.42 Å². The van der Waals surface area contributed by atoms with Crippen molar-refractivity contribution in [3.05, 3.63) is 42.4 Å². The van der Waals surface area contributed by atoms with Crippen LogP contribution < -0.4 is 5.32 Å². The number of hydrogen-bond acceptors (Lipinski definition) is 4. The van der Waals surface area contributed by atoms with Crippen LogP contribution in [0.15, 0.2) is 41.3 Å². The Morgan fingerprint density at radius 3 is 3.05 bits per heavy atom. The SMILES string of the molecule is O=C(NCc1cncc(-c2ccco2)c1)OCC1CCC1. The van der Waals surface area contributed by atoms with Gasteiger partial charge < -0.3 is 14.5 Å². The largest absolute Gasteiger partial charge is 0.464 e. The third-order valence-electron chi connectivity index (χ3n) is 3.71. The fourth-order valence-electron chi connectivity index (χ4n) is 2.24. The quantitative estimate of drug-likeness (QED) is 0.915. The molecule has 3 rings (SSSR count). The van der Waals surface area contributed by atoms with Crippen LogP contribution >= 0.6 is 0 Å².